The number of rotatable bonds is 9. The average Bonchev–Trinajstić information content (AvgIpc) is 3.39. The molecule has 0 aliphatic heterocycles. The number of sulfonamides is 1. The van der Waals surface area contributed by atoms with Gasteiger partial charge >= 0.3 is 0 Å². The Kier molecular flexibility index (Phi) is 7.21. The molecular weight excluding hydrogens is 454 g/mol. The maximum absolute atomic E-state index is 12.9. The van der Waals surface area contributed by atoms with E-state index in [4.69, 9.17) is 14.0 Å². The van der Waals surface area contributed by atoms with Gasteiger partial charge in [0.05, 0.1) is 19.9 Å². The third-order valence-electron chi connectivity index (χ3n) is 4.39. The van der Waals surface area contributed by atoms with Crippen molar-refractivity contribution < 1.29 is 27.2 Å². The first kappa shape index (κ1) is 23.4. The summed E-state index contributed by atoms with van der Waals surface area (Å²) in [6.45, 7) is 3.47. The van der Waals surface area contributed by atoms with Crippen molar-refractivity contribution in [3.05, 3.63) is 46.7 Å². The summed E-state index contributed by atoms with van der Waals surface area (Å²) in [7, 11) is -0.903. The van der Waals surface area contributed by atoms with Crippen LogP contribution in [-0.2, 0) is 14.8 Å². The van der Waals surface area contributed by atoms with Gasteiger partial charge in [-0.2, -0.15) is 0 Å². The molecular formula is C21H23N3O6S2. The van der Waals surface area contributed by atoms with Gasteiger partial charge in [0, 0.05) is 17.4 Å². The second-order valence-corrected chi connectivity index (χ2v) is 9.60. The van der Waals surface area contributed by atoms with Gasteiger partial charge in [0.1, 0.15) is 27.1 Å². The third kappa shape index (κ3) is 5.29. The molecule has 0 fully saturated rings. The standard InChI is InChI=1S/C21H23N3O6S2/c1-5-19(25)22-21-13(2)23-30-18(21)10-7-15-8-11-20(31-15)32(26,27)24-16-12-14(28-3)6-9-17(16)29-4/h6-12,24H,5H2,1-4H3,(H,22,25)/b10-7+. The van der Waals surface area contributed by atoms with Crippen molar-refractivity contribution in [2.45, 2.75) is 24.5 Å². The summed E-state index contributed by atoms with van der Waals surface area (Å²) in [6.07, 6.45) is 3.65. The molecule has 9 nitrogen and oxygen atoms in total. The van der Waals surface area contributed by atoms with Gasteiger partial charge in [0.25, 0.3) is 10.0 Å². The summed E-state index contributed by atoms with van der Waals surface area (Å²) in [5, 5.41) is 6.62. The van der Waals surface area contributed by atoms with E-state index in [1.54, 1.807) is 50.3 Å². The number of anilines is 2. The Morgan fingerprint density at radius 2 is 1.97 bits per heavy atom. The van der Waals surface area contributed by atoms with Gasteiger partial charge in [-0.1, -0.05) is 12.1 Å². The molecule has 3 rings (SSSR count). The van der Waals surface area contributed by atoms with E-state index in [0.717, 1.165) is 11.3 Å². The summed E-state index contributed by atoms with van der Waals surface area (Å²) in [5.74, 6) is 1.08. The van der Waals surface area contributed by atoms with Crippen LogP contribution in [0.5, 0.6) is 11.5 Å². The van der Waals surface area contributed by atoms with Crippen LogP contribution < -0.4 is 19.5 Å². The van der Waals surface area contributed by atoms with Crippen molar-refractivity contribution >= 4 is 50.8 Å². The molecule has 0 saturated heterocycles. The zero-order valence-electron chi connectivity index (χ0n) is 18.0. The van der Waals surface area contributed by atoms with Crippen molar-refractivity contribution in [3.63, 3.8) is 0 Å². The predicted molar refractivity (Wildman–Crippen MR) is 124 cm³/mol. The Morgan fingerprint density at radius 1 is 1.19 bits per heavy atom. The lowest BCUT2D eigenvalue weighted by molar-refractivity contribution is -0.115. The number of methoxy groups -OCH3 is 2. The SMILES string of the molecule is CCC(=O)Nc1c(C)noc1/C=C/c1ccc(S(=O)(=O)Nc2cc(OC)ccc2OC)s1. The van der Waals surface area contributed by atoms with E-state index in [1.165, 1.54) is 20.3 Å². The fraction of sp³-hybridized carbons (Fsp3) is 0.238. The number of amides is 1. The molecule has 1 aromatic carbocycles. The molecule has 2 heterocycles. The molecule has 0 radical (unpaired) electrons. The van der Waals surface area contributed by atoms with Crippen molar-refractivity contribution in [2.24, 2.45) is 0 Å². The number of aryl methyl sites for hydroxylation is 1. The van der Waals surface area contributed by atoms with E-state index in [1.807, 2.05) is 0 Å². The van der Waals surface area contributed by atoms with Crippen LogP contribution in [0.3, 0.4) is 0 Å². The number of thiophene rings is 1. The average molecular weight is 478 g/mol. The predicted octanol–water partition coefficient (Wildman–Crippen LogP) is 4.38. The smallest absolute Gasteiger partial charge is 0.271 e. The lowest BCUT2D eigenvalue weighted by Crippen LogP contribution is -2.12. The molecule has 0 bridgehead atoms. The van der Waals surface area contributed by atoms with Crippen molar-refractivity contribution in [1.29, 1.82) is 0 Å². The first-order chi connectivity index (χ1) is 15.3. The molecule has 0 atom stereocenters. The molecule has 0 unspecified atom stereocenters. The van der Waals surface area contributed by atoms with Gasteiger partial charge in [0.15, 0.2) is 5.76 Å². The van der Waals surface area contributed by atoms with Crippen molar-refractivity contribution in [2.75, 3.05) is 24.3 Å². The summed E-state index contributed by atoms with van der Waals surface area (Å²) in [5.41, 5.74) is 1.31. The lowest BCUT2D eigenvalue weighted by Gasteiger charge is -2.12. The molecule has 2 N–H and O–H groups in total. The van der Waals surface area contributed by atoms with Crippen LogP contribution in [0.15, 0.2) is 39.1 Å². The normalized spacial score (nSPS) is 11.5. The zero-order chi connectivity index (χ0) is 23.3. The van der Waals surface area contributed by atoms with Crippen LogP contribution in [0.25, 0.3) is 12.2 Å². The molecule has 0 spiro atoms. The van der Waals surface area contributed by atoms with Crippen molar-refractivity contribution in [3.8, 4) is 11.5 Å². The molecule has 3 aromatic rings. The number of nitrogens with zero attached hydrogens (tertiary/aromatic N) is 1. The summed E-state index contributed by atoms with van der Waals surface area (Å²) in [4.78, 5) is 12.4. The van der Waals surface area contributed by atoms with E-state index in [-0.39, 0.29) is 15.8 Å². The monoisotopic (exact) mass is 477 g/mol. The number of aromatic nitrogens is 1. The first-order valence-electron chi connectivity index (χ1n) is 9.56. The van der Waals surface area contributed by atoms with Gasteiger partial charge in [-0.25, -0.2) is 8.42 Å². The van der Waals surface area contributed by atoms with Crippen LogP contribution in [0, 0.1) is 6.92 Å². The summed E-state index contributed by atoms with van der Waals surface area (Å²) in [6, 6.07) is 8.01. The number of benzene rings is 1. The number of hydrogen-bond donors (Lipinski definition) is 2. The van der Waals surface area contributed by atoms with E-state index in [0.29, 0.717) is 39.9 Å². The van der Waals surface area contributed by atoms with E-state index < -0.39 is 10.0 Å². The number of carbonyl (C=O) groups is 1. The largest absolute Gasteiger partial charge is 0.497 e. The maximum atomic E-state index is 12.9. The second kappa shape index (κ2) is 9.88. The molecule has 0 saturated carbocycles. The molecule has 0 aliphatic rings. The molecule has 0 aliphatic carbocycles. The quantitative estimate of drug-likeness (QED) is 0.469. The van der Waals surface area contributed by atoms with E-state index in [2.05, 4.69) is 15.2 Å². The highest BCUT2D eigenvalue weighted by Crippen LogP contribution is 2.33. The second-order valence-electron chi connectivity index (χ2n) is 6.57. The minimum Gasteiger partial charge on any atom is -0.497 e. The van der Waals surface area contributed by atoms with Gasteiger partial charge in [-0.05, 0) is 43.3 Å². The Labute approximate surface area is 190 Å². The van der Waals surface area contributed by atoms with Crippen LogP contribution in [-0.4, -0.2) is 33.7 Å². The Balaban J connectivity index is 1.81. The number of ether oxygens (including phenoxy) is 2. The first-order valence-corrected chi connectivity index (χ1v) is 11.9. The topological polar surface area (TPSA) is 120 Å². The summed E-state index contributed by atoms with van der Waals surface area (Å²) < 4.78 is 44.0. The fourth-order valence-electron chi connectivity index (χ4n) is 2.70. The maximum Gasteiger partial charge on any atom is 0.271 e. The minimum atomic E-state index is -3.85. The highest BCUT2D eigenvalue weighted by atomic mass is 32.2. The van der Waals surface area contributed by atoms with Crippen LogP contribution in [0.2, 0.25) is 0 Å². The van der Waals surface area contributed by atoms with Gasteiger partial charge in [-0.15, -0.1) is 11.3 Å². The fourth-order valence-corrected chi connectivity index (χ4v) is 4.99. The Morgan fingerprint density at radius 3 is 2.66 bits per heavy atom. The molecule has 2 aromatic heterocycles. The molecule has 11 heteroatoms. The van der Waals surface area contributed by atoms with Gasteiger partial charge < -0.3 is 19.3 Å². The van der Waals surface area contributed by atoms with Crippen LogP contribution in [0.1, 0.15) is 29.7 Å². The van der Waals surface area contributed by atoms with Crippen LogP contribution >= 0.6 is 11.3 Å². The van der Waals surface area contributed by atoms with Crippen molar-refractivity contribution in [1.82, 2.24) is 5.16 Å². The molecule has 32 heavy (non-hydrogen) atoms. The number of hydrogen-bond acceptors (Lipinski definition) is 8. The molecule has 170 valence electrons. The third-order valence-corrected chi connectivity index (χ3v) is 7.30. The minimum absolute atomic E-state index is 0.121. The van der Waals surface area contributed by atoms with E-state index >= 15 is 0 Å². The number of nitrogens with one attached hydrogen (secondary N) is 2. The highest BCUT2D eigenvalue weighted by molar-refractivity contribution is 7.94. The Bertz CT molecular complexity index is 1240. The van der Waals surface area contributed by atoms with Gasteiger partial charge in [-0.3, -0.25) is 9.52 Å². The highest BCUT2D eigenvalue weighted by Gasteiger charge is 2.19. The van der Waals surface area contributed by atoms with Gasteiger partial charge in [0.2, 0.25) is 5.91 Å². The lowest BCUT2D eigenvalue weighted by atomic mass is 10.2. The van der Waals surface area contributed by atoms with E-state index in [9.17, 15) is 13.2 Å². The summed E-state index contributed by atoms with van der Waals surface area (Å²) >= 11 is 1.07. The Hall–Kier alpha value is -3.31. The zero-order valence-corrected chi connectivity index (χ0v) is 19.6. The van der Waals surface area contributed by atoms with Crippen LogP contribution in [0.4, 0.5) is 11.4 Å². The number of carbonyl (C=O) groups excluding carboxylic acids is 1. The molecule has 1 amide bonds.